The van der Waals surface area contributed by atoms with Gasteiger partial charge in [0.25, 0.3) is 5.91 Å². The van der Waals surface area contributed by atoms with Gasteiger partial charge in [-0.2, -0.15) is 0 Å². The number of carbonyl (C=O) groups excluding carboxylic acids is 1. The molecule has 0 spiro atoms. The van der Waals surface area contributed by atoms with E-state index in [1.54, 1.807) is 13.8 Å². The second-order valence-corrected chi connectivity index (χ2v) is 8.46. The molecule has 0 aromatic rings. The average molecular weight is 296 g/mol. The highest BCUT2D eigenvalue weighted by Gasteiger charge is 2.76. The Labute approximate surface area is 107 Å². The lowest BCUT2D eigenvalue weighted by molar-refractivity contribution is -0.161. The number of aliphatic carboxylic acids is 1. The van der Waals surface area contributed by atoms with Crippen LogP contribution in [0.25, 0.3) is 0 Å². The van der Waals surface area contributed by atoms with Crippen LogP contribution in [0.5, 0.6) is 0 Å². The highest BCUT2D eigenvalue weighted by Crippen LogP contribution is 2.65. The molecule has 10 heteroatoms. The molecular weight excluding hydrogens is 283 g/mol. The van der Waals surface area contributed by atoms with E-state index in [1.807, 2.05) is 0 Å². The molecule has 5 N–H and O–H groups in total. The van der Waals surface area contributed by atoms with Crippen molar-refractivity contribution in [3.8, 4) is 0 Å². The number of carboxylic acids is 1. The Morgan fingerprint density at radius 1 is 1.50 bits per heavy atom. The van der Waals surface area contributed by atoms with Gasteiger partial charge in [-0.05, 0) is 13.8 Å². The fraction of sp³-hybridized carbons (Fsp3) is 0.750. The van der Waals surface area contributed by atoms with Gasteiger partial charge in [0.05, 0.1) is 0 Å². The van der Waals surface area contributed by atoms with E-state index in [-0.39, 0.29) is 0 Å². The van der Waals surface area contributed by atoms with Crippen molar-refractivity contribution in [3.63, 3.8) is 0 Å². The Hall–Kier alpha value is -0.600. The third-order valence-corrected chi connectivity index (χ3v) is 6.50. The van der Waals surface area contributed by atoms with Gasteiger partial charge >= 0.3 is 13.6 Å². The summed E-state index contributed by atoms with van der Waals surface area (Å²) in [6.07, 6.45) is 0. The van der Waals surface area contributed by atoms with Crippen LogP contribution in [-0.4, -0.2) is 53.1 Å². The Morgan fingerprint density at radius 3 is 2.39 bits per heavy atom. The molecular formula is C8H13N2O6PS. The molecule has 2 saturated heterocycles. The topological polar surface area (TPSA) is 141 Å². The van der Waals surface area contributed by atoms with Gasteiger partial charge in [0, 0.05) is 4.75 Å². The predicted octanol–water partition coefficient (Wildman–Crippen LogP) is -1.03. The zero-order valence-electron chi connectivity index (χ0n) is 9.60. The van der Waals surface area contributed by atoms with Gasteiger partial charge in [-0.3, -0.25) is 9.36 Å². The molecule has 2 heterocycles. The molecule has 0 radical (unpaired) electrons. The average Bonchev–Trinajstić information content (AvgIpc) is 2.45. The molecule has 8 nitrogen and oxygen atoms in total. The zero-order chi connectivity index (χ0) is 14.1. The third kappa shape index (κ3) is 1.42. The van der Waals surface area contributed by atoms with Gasteiger partial charge in [0.15, 0.2) is 0 Å². The smallest absolute Gasteiger partial charge is 0.357 e. The maximum absolute atomic E-state index is 11.8. The van der Waals surface area contributed by atoms with Crippen LogP contribution in [0.2, 0.25) is 0 Å². The fourth-order valence-electron chi connectivity index (χ4n) is 2.34. The number of hydrogen-bond acceptors (Lipinski definition) is 5. The van der Waals surface area contributed by atoms with Gasteiger partial charge in [0.2, 0.25) is 5.28 Å². The lowest BCUT2D eigenvalue weighted by Crippen LogP contribution is -2.77. The summed E-state index contributed by atoms with van der Waals surface area (Å²) in [7, 11) is -4.85. The molecule has 0 aliphatic carbocycles. The predicted molar refractivity (Wildman–Crippen MR) is 62.7 cm³/mol. The zero-order valence-corrected chi connectivity index (χ0v) is 11.3. The first-order valence-corrected chi connectivity index (χ1v) is 7.51. The molecule has 0 aromatic heterocycles. The third-order valence-electron chi connectivity index (χ3n) is 3.27. The number of thioether (sulfide) groups is 1. The second-order valence-electron chi connectivity index (χ2n) is 4.90. The molecule has 18 heavy (non-hydrogen) atoms. The van der Waals surface area contributed by atoms with E-state index in [2.05, 4.69) is 0 Å². The fourth-order valence-corrected chi connectivity index (χ4v) is 5.21. The number of amides is 1. The summed E-state index contributed by atoms with van der Waals surface area (Å²) in [4.78, 5) is 42.3. The first-order chi connectivity index (χ1) is 7.94. The second kappa shape index (κ2) is 3.49. The summed E-state index contributed by atoms with van der Waals surface area (Å²) in [5, 5.41) is 5.80. The molecule has 2 fully saturated rings. The summed E-state index contributed by atoms with van der Waals surface area (Å²) >= 11 is 0.999. The molecule has 3 atom stereocenters. The van der Waals surface area contributed by atoms with Gasteiger partial charge in [-0.25, -0.2) is 4.79 Å². The van der Waals surface area contributed by atoms with Gasteiger partial charge in [0.1, 0.15) is 11.4 Å². The minimum atomic E-state index is -4.85. The highest BCUT2D eigenvalue weighted by atomic mass is 32.2. The maximum Gasteiger partial charge on any atom is 0.357 e. The molecule has 1 amide bonds. The first-order valence-electron chi connectivity index (χ1n) is 5.02. The van der Waals surface area contributed by atoms with Crippen LogP contribution >= 0.6 is 19.4 Å². The van der Waals surface area contributed by atoms with E-state index in [0.717, 1.165) is 16.7 Å². The molecule has 2 aliphatic rings. The number of hydrogen-bond donors (Lipinski definition) is 4. The first kappa shape index (κ1) is 13.8. The van der Waals surface area contributed by atoms with Crippen molar-refractivity contribution in [2.45, 2.75) is 35.3 Å². The van der Waals surface area contributed by atoms with Crippen LogP contribution in [0.15, 0.2) is 0 Å². The van der Waals surface area contributed by atoms with Crippen molar-refractivity contribution < 1.29 is 29.0 Å². The normalized spacial score (nSPS) is 38.3. The van der Waals surface area contributed by atoms with Crippen molar-refractivity contribution in [2.75, 3.05) is 0 Å². The lowest BCUT2D eigenvalue weighted by Gasteiger charge is -2.50. The van der Waals surface area contributed by atoms with Crippen molar-refractivity contribution in [3.05, 3.63) is 0 Å². The Bertz CT molecular complexity index is 490. The SMILES string of the molecule is CC1(C)S[C@H]2N(C(=O)[C@@]2(N)P(=O)(O)O)[C@H]1C(=O)O. The highest BCUT2D eigenvalue weighted by molar-refractivity contribution is 8.02. The van der Waals surface area contributed by atoms with Crippen LogP contribution in [0.4, 0.5) is 0 Å². The Kier molecular flexibility index (Phi) is 2.68. The Morgan fingerprint density at radius 2 is 2.00 bits per heavy atom. The van der Waals surface area contributed by atoms with Gasteiger partial charge in [-0.15, -0.1) is 11.8 Å². The number of nitrogens with two attached hydrogens (primary N) is 1. The summed E-state index contributed by atoms with van der Waals surface area (Å²) in [6, 6.07) is -1.14. The number of carbonyl (C=O) groups is 2. The standard InChI is InChI=1S/C8H13N2O6PS/c1-7(2)3(4(11)12)10-5(13)8(9,6(10)18-7)17(14,15)16/h3,6H,9H2,1-2H3,(H,11,12)(H2,14,15,16)/t3-,6+,8+/m0/s1. The van der Waals surface area contributed by atoms with E-state index < -0.39 is 40.9 Å². The molecule has 2 aliphatic heterocycles. The summed E-state index contributed by atoms with van der Waals surface area (Å²) in [6.45, 7) is 3.20. The number of fused-ring (bicyclic) bond motifs is 1. The van der Waals surface area contributed by atoms with E-state index in [1.165, 1.54) is 0 Å². The maximum atomic E-state index is 11.8. The molecule has 2 rings (SSSR count). The van der Waals surface area contributed by atoms with Crippen LogP contribution in [0.1, 0.15) is 13.8 Å². The quantitative estimate of drug-likeness (QED) is 0.374. The molecule has 0 bridgehead atoms. The molecule has 0 unspecified atom stereocenters. The monoisotopic (exact) mass is 296 g/mol. The van der Waals surface area contributed by atoms with Gasteiger partial charge < -0.3 is 25.5 Å². The van der Waals surface area contributed by atoms with Crippen LogP contribution < -0.4 is 5.73 Å². The van der Waals surface area contributed by atoms with Crippen molar-refractivity contribution >= 4 is 31.2 Å². The Balaban J connectivity index is 2.45. The summed E-state index contributed by atoms with van der Waals surface area (Å²) in [5.41, 5.74) is 5.52. The minimum Gasteiger partial charge on any atom is -0.480 e. The van der Waals surface area contributed by atoms with Gasteiger partial charge in [-0.1, -0.05) is 0 Å². The molecule has 0 aromatic carbocycles. The van der Waals surface area contributed by atoms with Crippen molar-refractivity contribution in [1.29, 1.82) is 0 Å². The number of β-lactam (4-membered cyclic amide) rings is 1. The number of rotatable bonds is 2. The van der Waals surface area contributed by atoms with Crippen LogP contribution in [0.3, 0.4) is 0 Å². The van der Waals surface area contributed by atoms with E-state index in [9.17, 15) is 23.9 Å². The van der Waals surface area contributed by atoms with Crippen molar-refractivity contribution in [2.24, 2.45) is 5.73 Å². The van der Waals surface area contributed by atoms with E-state index in [4.69, 9.17) is 10.8 Å². The number of nitrogens with zero attached hydrogens (tertiary/aromatic N) is 1. The van der Waals surface area contributed by atoms with Crippen molar-refractivity contribution in [1.82, 2.24) is 4.90 Å². The van der Waals surface area contributed by atoms with E-state index >= 15 is 0 Å². The summed E-state index contributed by atoms with van der Waals surface area (Å²) in [5.74, 6) is -2.22. The van der Waals surface area contributed by atoms with E-state index in [0.29, 0.717) is 0 Å². The molecule has 102 valence electrons. The minimum absolute atomic E-state index is 0.859. The van der Waals surface area contributed by atoms with Crippen LogP contribution in [0, 0.1) is 0 Å². The molecule has 0 saturated carbocycles. The number of carboxylic acid groups (broad SMARTS) is 1. The summed E-state index contributed by atoms with van der Waals surface area (Å²) < 4.78 is 10.5. The largest absolute Gasteiger partial charge is 0.480 e. The van der Waals surface area contributed by atoms with Crippen LogP contribution in [-0.2, 0) is 14.2 Å². The lowest BCUT2D eigenvalue weighted by atomic mass is 9.96.